The Bertz CT molecular complexity index is 523. The zero-order valence-corrected chi connectivity index (χ0v) is 12.1. The summed E-state index contributed by atoms with van der Waals surface area (Å²) in [5, 5.41) is 13.2. The second-order valence-corrected chi connectivity index (χ2v) is 5.44. The van der Waals surface area contributed by atoms with Gasteiger partial charge in [0.25, 0.3) is 5.91 Å². The van der Waals surface area contributed by atoms with E-state index in [1.54, 1.807) is 18.6 Å². The molecule has 1 atom stereocenters. The van der Waals surface area contributed by atoms with Crippen LogP contribution in [0.5, 0.6) is 0 Å². The number of hydrogen-bond acceptors (Lipinski definition) is 5. The van der Waals surface area contributed by atoms with E-state index in [4.69, 9.17) is 14.6 Å². The number of rotatable bonds is 4. The third kappa shape index (κ3) is 3.58. The molecule has 2 rings (SSSR count). The molecule has 1 unspecified atom stereocenters. The number of nitrogens with one attached hydrogen (secondary N) is 1. The molecule has 5 nitrogen and oxygen atoms in total. The fourth-order valence-electron chi connectivity index (χ4n) is 1.95. The summed E-state index contributed by atoms with van der Waals surface area (Å²) in [4.78, 5) is 12.8. The predicted octanol–water partition coefficient (Wildman–Crippen LogP) is 0.627. The Labute approximate surface area is 121 Å². The van der Waals surface area contributed by atoms with Crippen LogP contribution in [-0.2, 0) is 9.47 Å². The minimum Gasteiger partial charge on any atom is -0.384 e. The molecule has 0 bridgehead atoms. The molecule has 0 spiro atoms. The average Bonchev–Trinajstić information content (AvgIpc) is 3.12. The van der Waals surface area contributed by atoms with E-state index in [-0.39, 0.29) is 12.5 Å². The molecule has 0 aromatic carbocycles. The maximum Gasteiger partial charge on any atom is 0.252 e. The van der Waals surface area contributed by atoms with Crippen LogP contribution in [0.25, 0.3) is 0 Å². The molecule has 1 amide bonds. The molecular weight excluding hydrogens is 278 g/mol. The van der Waals surface area contributed by atoms with Gasteiger partial charge < -0.3 is 19.9 Å². The number of amides is 1. The lowest BCUT2D eigenvalue weighted by atomic mass is 10.0. The zero-order chi connectivity index (χ0) is 14.4. The highest BCUT2D eigenvalue weighted by Crippen LogP contribution is 2.21. The molecule has 0 aliphatic carbocycles. The molecule has 20 heavy (non-hydrogen) atoms. The van der Waals surface area contributed by atoms with Crippen molar-refractivity contribution in [2.24, 2.45) is 0 Å². The Hall–Kier alpha value is -1.39. The van der Waals surface area contributed by atoms with Crippen LogP contribution in [0.2, 0.25) is 0 Å². The van der Waals surface area contributed by atoms with Gasteiger partial charge in [0.2, 0.25) is 0 Å². The van der Waals surface area contributed by atoms with Crippen LogP contribution in [-0.4, -0.2) is 50.1 Å². The van der Waals surface area contributed by atoms with Crippen LogP contribution < -0.4 is 5.32 Å². The first-order chi connectivity index (χ1) is 9.69. The molecule has 6 heteroatoms. The van der Waals surface area contributed by atoms with Crippen molar-refractivity contribution in [2.75, 3.05) is 33.5 Å². The maximum atomic E-state index is 12.0. The third-order valence-electron chi connectivity index (χ3n) is 3.22. The number of aliphatic hydroxyl groups excluding tert-OH is 1. The summed E-state index contributed by atoms with van der Waals surface area (Å²) in [5.74, 6) is 5.18. The molecule has 108 valence electrons. The van der Waals surface area contributed by atoms with Crippen LogP contribution in [0, 0.1) is 11.8 Å². The van der Waals surface area contributed by atoms with Gasteiger partial charge in [-0.05, 0) is 6.07 Å². The van der Waals surface area contributed by atoms with Gasteiger partial charge in [0.1, 0.15) is 12.2 Å². The molecule has 0 radical (unpaired) electrons. The Morgan fingerprint density at radius 2 is 2.55 bits per heavy atom. The van der Waals surface area contributed by atoms with Crippen molar-refractivity contribution < 1.29 is 19.4 Å². The Morgan fingerprint density at radius 1 is 1.70 bits per heavy atom. The van der Waals surface area contributed by atoms with Gasteiger partial charge in [-0.15, -0.1) is 11.3 Å². The molecule has 1 fully saturated rings. The Kier molecular flexibility index (Phi) is 5.15. The average molecular weight is 295 g/mol. The minimum atomic E-state index is -0.412. The number of aliphatic hydroxyl groups is 1. The van der Waals surface area contributed by atoms with Gasteiger partial charge >= 0.3 is 0 Å². The van der Waals surface area contributed by atoms with E-state index in [9.17, 15) is 4.79 Å². The molecule has 2 heterocycles. The van der Waals surface area contributed by atoms with Crippen LogP contribution in [0.3, 0.4) is 0 Å². The predicted molar refractivity (Wildman–Crippen MR) is 75.8 cm³/mol. The maximum absolute atomic E-state index is 12.0. The first-order valence-corrected chi connectivity index (χ1v) is 7.16. The summed E-state index contributed by atoms with van der Waals surface area (Å²) < 4.78 is 10.8. The quantitative estimate of drug-likeness (QED) is 0.800. The lowest BCUT2D eigenvalue weighted by Crippen LogP contribution is -2.44. The third-order valence-corrected chi connectivity index (χ3v) is 4.07. The highest BCUT2D eigenvalue weighted by atomic mass is 32.1. The zero-order valence-electron chi connectivity index (χ0n) is 11.3. The van der Waals surface area contributed by atoms with Crippen molar-refractivity contribution in [2.45, 2.75) is 12.0 Å². The second-order valence-electron chi connectivity index (χ2n) is 4.53. The van der Waals surface area contributed by atoms with E-state index in [1.165, 1.54) is 11.3 Å². The summed E-state index contributed by atoms with van der Waals surface area (Å²) in [7, 11) is 1.63. The van der Waals surface area contributed by atoms with Crippen molar-refractivity contribution in [3.8, 4) is 11.8 Å². The van der Waals surface area contributed by atoms with E-state index in [1.807, 2.05) is 0 Å². The number of thiophene rings is 1. The molecule has 1 aromatic rings. The number of carbonyl (C=O) groups is 1. The van der Waals surface area contributed by atoms with E-state index in [0.717, 1.165) is 11.3 Å². The van der Waals surface area contributed by atoms with Crippen molar-refractivity contribution in [1.82, 2.24) is 5.32 Å². The lowest BCUT2D eigenvalue weighted by Gasteiger charge is -2.25. The molecule has 2 N–H and O–H groups in total. The highest BCUT2D eigenvalue weighted by molar-refractivity contribution is 7.10. The standard InChI is InChI=1S/C14H17NO4S/c1-18-14(4-6-19-10-14)9-15-13(17)11-7-12(20-8-11)3-2-5-16/h7-8,16H,4-6,9-10H2,1H3,(H,15,17). The SMILES string of the molecule is COC1(CNC(=O)c2csc(C#CCO)c2)CCOC1. The number of methoxy groups -OCH3 is 1. The summed E-state index contributed by atoms with van der Waals surface area (Å²) in [5.41, 5.74) is 0.160. The van der Waals surface area contributed by atoms with E-state index in [2.05, 4.69) is 17.2 Å². The normalized spacial score (nSPS) is 21.3. The first-order valence-electron chi connectivity index (χ1n) is 6.28. The summed E-state index contributed by atoms with van der Waals surface area (Å²) >= 11 is 1.38. The van der Waals surface area contributed by atoms with Gasteiger partial charge in [-0.25, -0.2) is 0 Å². The molecule has 0 saturated carbocycles. The number of ether oxygens (including phenoxy) is 2. The summed E-state index contributed by atoms with van der Waals surface area (Å²) in [6.07, 6.45) is 0.778. The fourth-order valence-corrected chi connectivity index (χ4v) is 2.71. The van der Waals surface area contributed by atoms with E-state index >= 15 is 0 Å². The molecule has 1 saturated heterocycles. The second kappa shape index (κ2) is 6.86. The van der Waals surface area contributed by atoms with Crippen molar-refractivity contribution >= 4 is 17.2 Å². The van der Waals surface area contributed by atoms with E-state index in [0.29, 0.717) is 25.3 Å². The van der Waals surface area contributed by atoms with Crippen LogP contribution in [0.15, 0.2) is 11.4 Å². The molecule has 1 aromatic heterocycles. The summed E-state index contributed by atoms with van der Waals surface area (Å²) in [6, 6.07) is 1.72. The van der Waals surface area contributed by atoms with Gasteiger partial charge in [-0.3, -0.25) is 4.79 Å². The number of carbonyl (C=O) groups excluding carboxylic acids is 1. The van der Waals surface area contributed by atoms with Gasteiger partial charge in [0.05, 0.1) is 17.0 Å². The fraction of sp³-hybridized carbons (Fsp3) is 0.500. The Morgan fingerprint density at radius 3 is 3.20 bits per heavy atom. The lowest BCUT2D eigenvalue weighted by molar-refractivity contribution is -0.0148. The highest BCUT2D eigenvalue weighted by Gasteiger charge is 2.35. The van der Waals surface area contributed by atoms with Crippen molar-refractivity contribution in [1.29, 1.82) is 0 Å². The largest absolute Gasteiger partial charge is 0.384 e. The summed E-state index contributed by atoms with van der Waals surface area (Å²) in [6.45, 7) is 1.40. The van der Waals surface area contributed by atoms with Gasteiger partial charge in [-0.1, -0.05) is 11.8 Å². The number of hydrogen-bond donors (Lipinski definition) is 2. The van der Waals surface area contributed by atoms with Gasteiger partial charge in [0.15, 0.2) is 0 Å². The van der Waals surface area contributed by atoms with Gasteiger partial charge in [0, 0.05) is 32.1 Å². The molecular formula is C14H17NO4S. The topological polar surface area (TPSA) is 67.8 Å². The van der Waals surface area contributed by atoms with Gasteiger partial charge in [-0.2, -0.15) is 0 Å². The van der Waals surface area contributed by atoms with Crippen molar-refractivity contribution in [3.05, 3.63) is 21.9 Å². The van der Waals surface area contributed by atoms with E-state index < -0.39 is 5.60 Å². The smallest absolute Gasteiger partial charge is 0.252 e. The van der Waals surface area contributed by atoms with Crippen LogP contribution in [0.4, 0.5) is 0 Å². The molecule has 1 aliphatic rings. The van der Waals surface area contributed by atoms with Crippen LogP contribution >= 0.6 is 11.3 Å². The van der Waals surface area contributed by atoms with Crippen molar-refractivity contribution in [3.63, 3.8) is 0 Å². The molecule has 1 aliphatic heterocycles. The monoisotopic (exact) mass is 295 g/mol. The first kappa shape index (κ1) is 15.0. The Balaban J connectivity index is 1.93. The minimum absolute atomic E-state index is 0.151. The van der Waals surface area contributed by atoms with Crippen LogP contribution in [0.1, 0.15) is 21.7 Å².